The van der Waals surface area contributed by atoms with Crippen molar-refractivity contribution in [2.75, 3.05) is 0 Å². The van der Waals surface area contributed by atoms with Gasteiger partial charge in [0, 0.05) is 17.4 Å². The molecule has 0 aliphatic heterocycles. The number of para-hydroxylation sites is 2. The number of hydrogen-bond donors (Lipinski definition) is 0. The first-order chi connectivity index (χ1) is 9.66. The third kappa shape index (κ3) is 3.83. The van der Waals surface area contributed by atoms with Crippen LogP contribution in [0.3, 0.4) is 0 Å². The number of benzene rings is 2. The average Bonchev–Trinajstić information content (AvgIpc) is 2.46. The van der Waals surface area contributed by atoms with E-state index in [1.165, 1.54) is 6.07 Å². The lowest BCUT2D eigenvalue weighted by Crippen LogP contribution is -2.02. The molecule has 0 spiro atoms. The van der Waals surface area contributed by atoms with Crippen LogP contribution >= 0.6 is 11.8 Å². The fourth-order valence-corrected chi connectivity index (χ4v) is 2.23. The van der Waals surface area contributed by atoms with Gasteiger partial charge in [-0.15, -0.1) is 0 Å². The molecule has 0 amide bonds. The van der Waals surface area contributed by atoms with Crippen molar-refractivity contribution >= 4 is 22.8 Å². The Morgan fingerprint density at radius 1 is 1.10 bits per heavy atom. The summed E-state index contributed by atoms with van der Waals surface area (Å²) in [7, 11) is 0. The van der Waals surface area contributed by atoms with E-state index in [9.17, 15) is 14.9 Å². The molecule has 102 valence electrons. The highest BCUT2D eigenvalue weighted by atomic mass is 32.2. The summed E-state index contributed by atoms with van der Waals surface area (Å²) in [6, 6.07) is 15.0. The fourth-order valence-electron chi connectivity index (χ4n) is 1.56. The summed E-state index contributed by atoms with van der Waals surface area (Å²) in [5.74, 6) is 0.649. The van der Waals surface area contributed by atoms with Crippen molar-refractivity contribution in [2.24, 2.45) is 0 Å². The molecule has 0 N–H and O–H groups in total. The standard InChI is InChI=1S/C14H11NO4S/c16-14(19-12-7-2-1-3-8-12)20-10-11-6-4-5-9-13(11)15(17)18/h1-9H,10H2. The Kier molecular flexibility index (Phi) is 4.73. The number of carbonyl (C=O) groups is 1. The van der Waals surface area contributed by atoms with E-state index >= 15 is 0 Å². The van der Waals surface area contributed by atoms with Crippen LogP contribution in [0.4, 0.5) is 10.5 Å². The minimum Gasteiger partial charge on any atom is -0.418 e. The highest BCUT2D eigenvalue weighted by Gasteiger charge is 2.14. The van der Waals surface area contributed by atoms with Crippen LogP contribution in [-0.2, 0) is 5.75 Å². The molecule has 6 heteroatoms. The summed E-state index contributed by atoms with van der Waals surface area (Å²) >= 11 is 0.890. The monoisotopic (exact) mass is 289 g/mol. The van der Waals surface area contributed by atoms with E-state index in [4.69, 9.17) is 4.74 Å². The number of ether oxygens (including phenoxy) is 1. The van der Waals surface area contributed by atoms with Gasteiger partial charge in [0.2, 0.25) is 0 Å². The number of nitro benzene ring substituents is 1. The quantitative estimate of drug-likeness (QED) is 0.483. The van der Waals surface area contributed by atoms with Crippen molar-refractivity contribution in [1.82, 2.24) is 0 Å². The van der Waals surface area contributed by atoms with Gasteiger partial charge < -0.3 is 4.74 Å². The first-order valence-electron chi connectivity index (χ1n) is 5.79. The smallest absolute Gasteiger partial charge is 0.373 e. The van der Waals surface area contributed by atoms with Crippen LogP contribution < -0.4 is 4.74 Å². The van der Waals surface area contributed by atoms with Gasteiger partial charge in [0.1, 0.15) is 5.75 Å². The highest BCUT2D eigenvalue weighted by molar-refractivity contribution is 8.12. The van der Waals surface area contributed by atoms with E-state index in [-0.39, 0.29) is 11.4 Å². The summed E-state index contributed by atoms with van der Waals surface area (Å²) in [5, 5.41) is 10.3. The summed E-state index contributed by atoms with van der Waals surface area (Å²) in [6.45, 7) is 0. The number of rotatable bonds is 4. The van der Waals surface area contributed by atoms with Gasteiger partial charge in [-0.25, -0.2) is 4.79 Å². The summed E-state index contributed by atoms with van der Waals surface area (Å²) in [4.78, 5) is 22.0. The van der Waals surface area contributed by atoms with Crippen molar-refractivity contribution in [2.45, 2.75) is 5.75 Å². The first kappa shape index (κ1) is 14.1. The van der Waals surface area contributed by atoms with Gasteiger partial charge in [0.05, 0.1) is 4.92 Å². The Labute approximate surface area is 119 Å². The molecule has 0 bridgehead atoms. The van der Waals surface area contributed by atoms with Crippen LogP contribution in [-0.4, -0.2) is 10.2 Å². The van der Waals surface area contributed by atoms with Crippen molar-refractivity contribution < 1.29 is 14.5 Å². The number of carbonyl (C=O) groups excluding carboxylic acids is 1. The first-order valence-corrected chi connectivity index (χ1v) is 6.77. The molecule has 2 aromatic rings. The van der Waals surface area contributed by atoms with E-state index in [0.717, 1.165) is 11.8 Å². The third-order valence-corrected chi connectivity index (χ3v) is 3.25. The van der Waals surface area contributed by atoms with Gasteiger partial charge >= 0.3 is 5.30 Å². The molecule has 0 radical (unpaired) electrons. The lowest BCUT2D eigenvalue weighted by atomic mass is 10.2. The van der Waals surface area contributed by atoms with Gasteiger partial charge in [0.15, 0.2) is 0 Å². The molecular weight excluding hydrogens is 278 g/mol. The molecule has 2 aromatic carbocycles. The minimum atomic E-state index is -0.491. The summed E-state index contributed by atoms with van der Waals surface area (Å²) < 4.78 is 5.09. The maximum absolute atomic E-state index is 11.6. The number of hydrogen-bond acceptors (Lipinski definition) is 5. The molecule has 0 saturated heterocycles. The molecule has 0 heterocycles. The van der Waals surface area contributed by atoms with Crippen LogP contribution in [0.25, 0.3) is 0 Å². The Morgan fingerprint density at radius 2 is 1.75 bits per heavy atom. The van der Waals surface area contributed by atoms with E-state index < -0.39 is 10.2 Å². The van der Waals surface area contributed by atoms with Crippen LogP contribution in [0, 0.1) is 10.1 Å². The summed E-state index contributed by atoms with van der Waals surface area (Å²) in [6.07, 6.45) is 0. The predicted octanol–water partition coefficient (Wildman–Crippen LogP) is 4.03. The number of nitrogens with zero attached hydrogens (tertiary/aromatic N) is 1. The zero-order valence-corrected chi connectivity index (χ0v) is 11.2. The number of thioether (sulfide) groups is 1. The maximum Gasteiger partial charge on any atom is 0.373 e. The Balaban J connectivity index is 1.96. The normalized spacial score (nSPS) is 10.0. The molecule has 0 saturated carbocycles. The van der Waals surface area contributed by atoms with E-state index in [0.29, 0.717) is 11.3 Å². The number of nitro groups is 1. The van der Waals surface area contributed by atoms with Gasteiger partial charge in [0.25, 0.3) is 5.69 Å². The fraction of sp³-hybridized carbons (Fsp3) is 0.0714. The maximum atomic E-state index is 11.6. The Bertz CT molecular complexity index is 616. The average molecular weight is 289 g/mol. The predicted molar refractivity (Wildman–Crippen MR) is 76.9 cm³/mol. The molecule has 2 rings (SSSR count). The lowest BCUT2D eigenvalue weighted by molar-refractivity contribution is -0.385. The second kappa shape index (κ2) is 6.72. The van der Waals surface area contributed by atoms with Crippen molar-refractivity contribution in [1.29, 1.82) is 0 Å². The molecule has 0 aliphatic carbocycles. The second-order valence-corrected chi connectivity index (χ2v) is 4.75. The van der Waals surface area contributed by atoms with Crippen LogP contribution in [0.2, 0.25) is 0 Å². The highest BCUT2D eigenvalue weighted by Crippen LogP contribution is 2.24. The van der Waals surface area contributed by atoms with Crippen molar-refractivity contribution in [3.05, 3.63) is 70.3 Å². The van der Waals surface area contributed by atoms with Gasteiger partial charge in [-0.1, -0.05) is 36.4 Å². The van der Waals surface area contributed by atoms with Crippen molar-refractivity contribution in [3.8, 4) is 5.75 Å². The largest absolute Gasteiger partial charge is 0.418 e. The third-order valence-electron chi connectivity index (χ3n) is 2.48. The molecule has 20 heavy (non-hydrogen) atoms. The molecule has 0 atom stereocenters. The zero-order valence-electron chi connectivity index (χ0n) is 10.4. The minimum absolute atomic E-state index is 0.00695. The lowest BCUT2D eigenvalue weighted by Gasteiger charge is -2.04. The van der Waals surface area contributed by atoms with E-state index in [1.54, 1.807) is 42.5 Å². The molecular formula is C14H11NO4S. The van der Waals surface area contributed by atoms with E-state index in [2.05, 4.69) is 0 Å². The van der Waals surface area contributed by atoms with Gasteiger partial charge in [-0.05, 0) is 23.9 Å². The molecule has 0 aromatic heterocycles. The molecule has 0 aliphatic rings. The Morgan fingerprint density at radius 3 is 2.45 bits per heavy atom. The van der Waals surface area contributed by atoms with Crippen LogP contribution in [0.5, 0.6) is 5.75 Å². The van der Waals surface area contributed by atoms with E-state index in [1.807, 2.05) is 6.07 Å². The van der Waals surface area contributed by atoms with Gasteiger partial charge in [-0.2, -0.15) is 0 Å². The van der Waals surface area contributed by atoms with Gasteiger partial charge in [-0.3, -0.25) is 10.1 Å². The van der Waals surface area contributed by atoms with Crippen molar-refractivity contribution in [3.63, 3.8) is 0 Å². The molecule has 5 nitrogen and oxygen atoms in total. The summed E-state index contributed by atoms with van der Waals surface area (Å²) in [5.41, 5.74) is 0.500. The SMILES string of the molecule is O=C(Oc1ccccc1)SCc1ccccc1[N+](=O)[O-]. The zero-order chi connectivity index (χ0) is 14.4. The molecule has 0 unspecified atom stereocenters. The second-order valence-electron chi connectivity index (χ2n) is 3.84. The Hall–Kier alpha value is -2.34. The topological polar surface area (TPSA) is 69.4 Å². The van der Waals surface area contributed by atoms with Crippen LogP contribution in [0.1, 0.15) is 5.56 Å². The van der Waals surface area contributed by atoms with Crippen LogP contribution in [0.15, 0.2) is 54.6 Å². The molecule has 0 fully saturated rings.